The molecule has 0 radical (unpaired) electrons. The predicted molar refractivity (Wildman–Crippen MR) is 90.6 cm³/mol. The zero-order chi connectivity index (χ0) is 17.4. The van der Waals surface area contributed by atoms with E-state index >= 15 is 0 Å². The van der Waals surface area contributed by atoms with E-state index in [1.807, 2.05) is 55.5 Å². The molecule has 0 bridgehead atoms. The number of amides is 1. The van der Waals surface area contributed by atoms with Gasteiger partial charge in [-0.2, -0.15) is 5.21 Å². The van der Waals surface area contributed by atoms with Crippen LogP contribution in [0.15, 0.2) is 48.5 Å². The Balaban J connectivity index is 1.77. The Kier molecular flexibility index (Phi) is 3.58. The molecular formula is C18H17N5O2. The van der Waals surface area contributed by atoms with Gasteiger partial charge in [0, 0.05) is 5.56 Å². The lowest BCUT2D eigenvalue weighted by Crippen LogP contribution is -2.41. The molecule has 7 heteroatoms. The van der Waals surface area contributed by atoms with Crippen molar-refractivity contribution in [3.63, 3.8) is 0 Å². The van der Waals surface area contributed by atoms with Crippen LogP contribution in [-0.4, -0.2) is 31.6 Å². The number of rotatable bonds is 4. The molecule has 2 heterocycles. The van der Waals surface area contributed by atoms with E-state index in [1.54, 1.807) is 4.90 Å². The number of aryl methyl sites for hydroxylation is 1. The second-order valence-corrected chi connectivity index (χ2v) is 6.26. The van der Waals surface area contributed by atoms with Gasteiger partial charge in [-0.25, -0.2) is 0 Å². The fourth-order valence-corrected chi connectivity index (χ4v) is 3.24. The Morgan fingerprint density at radius 3 is 2.72 bits per heavy atom. The smallest absolute Gasteiger partial charge is 0.264 e. The predicted octanol–water partition coefficient (Wildman–Crippen LogP) is 1.49. The number of tetrazole rings is 1. The number of hydrogen-bond donors (Lipinski definition) is 2. The molecule has 0 fully saturated rings. The highest BCUT2D eigenvalue weighted by atomic mass is 16.3. The number of fused-ring (bicyclic) bond motifs is 1. The first kappa shape index (κ1) is 15.5. The van der Waals surface area contributed by atoms with Crippen molar-refractivity contribution in [3.8, 4) is 0 Å². The van der Waals surface area contributed by atoms with Gasteiger partial charge in [-0.15, -0.1) is 10.2 Å². The summed E-state index contributed by atoms with van der Waals surface area (Å²) < 4.78 is 0. The molecule has 0 saturated heterocycles. The molecule has 2 N–H and O–H groups in total. The van der Waals surface area contributed by atoms with Crippen molar-refractivity contribution in [3.05, 3.63) is 71.0 Å². The molecule has 126 valence electrons. The summed E-state index contributed by atoms with van der Waals surface area (Å²) in [7, 11) is 0. The van der Waals surface area contributed by atoms with Crippen LogP contribution >= 0.6 is 0 Å². The number of H-pyrrole nitrogens is 1. The van der Waals surface area contributed by atoms with E-state index in [9.17, 15) is 9.90 Å². The molecule has 1 aromatic heterocycles. The van der Waals surface area contributed by atoms with Crippen LogP contribution in [-0.2, 0) is 23.4 Å². The van der Waals surface area contributed by atoms with Crippen LogP contribution in [0.3, 0.4) is 0 Å². The number of aliphatic hydroxyl groups is 1. The van der Waals surface area contributed by atoms with Crippen molar-refractivity contribution in [2.45, 2.75) is 25.5 Å². The van der Waals surface area contributed by atoms with Crippen LogP contribution < -0.4 is 4.90 Å². The van der Waals surface area contributed by atoms with E-state index < -0.39 is 5.60 Å². The lowest BCUT2D eigenvalue weighted by molar-refractivity contribution is -0.136. The fourth-order valence-electron chi connectivity index (χ4n) is 3.24. The van der Waals surface area contributed by atoms with Crippen LogP contribution in [0.4, 0.5) is 5.69 Å². The van der Waals surface area contributed by atoms with Crippen molar-refractivity contribution < 1.29 is 9.90 Å². The number of carbonyl (C=O) groups excluding carboxylic acids is 1. The summed E-state index contributed by atoms with van der Waals surface area (Å²) >= 11 is 0. The van der Waals surface area contributed by atoms with Crippen molar-refractivity contribution in [2.75, 3.05) is 4.90 Å². The number of hydrogen-bond acceptors (Lipinski definition) is 5. The van der Waals surface area contributed by atoms with Gasteiger partial charge in [0.15, 0.2) is 11.4 Å². The molecule has 7 nitrogen and oxygen atoms in total. The lowest BCUT2D eigenvalue weighted by Gasteiger charge is -2.22. The zero-order valence-corrected chi connectivity index (χ0v) is 13.7. The summed E-state index contributed by atoms with van der Waals surface area (Å²) in [6.45, 7) is 2.32. The van der Waals surface area contributed by atoms with E-state index in [0.717, 1.165) is 11.1 Å². The van der Waals surface area contributed by atoms with Crippen molar-refractivity contribution in [1.82, 2.24) is 20.6 Å². The monoisotopic (exact) mass is 335 g/mol. The molecule has 0 aliphatic carbocycles. The van der Waals surface area contributed by atoms with E-state index in [-0.39, 0.29) is 12.3 Å². The van der Waals surface area contributed by atoms with Crippen LogP contribution in [0.1, 0.15) is 22.5 Å². The number of aromatic amines is 1. The van der Waals surface area contributed by atoms with Gasteiger partial charge in [-0.3, -0.25) is 4.79 Å². The summed E-state index contributed by atoms with van der Waals surface area (Å²) in [5, 5.41) is 24.9. The molecule has 25 heavy (non-hydrogen) atoms. The number of nitrogens with one attached hydrogen (secondary N) is 1. The van der Waals surface area contributed by atoms with Gasteiger partial charge in [-0.05, 0) is 18.6 Å². The molecule has 1 aliphatic heterocycles. The van der Waals surface area contributed by atoms with Crippen molar-refractivity contribution >= 4 is 11.6 Å². The normalized spacial score (nSPS) is 19.3. The largest absolute Gasteiger partial charge is 0.375 e. The standard InChI is InChI=1S/C18H17N5O2/c1-12-7-8-15-14(9-12)18(25,10-16-19-21-22-20-16)17(24)23(15)11-13-5-3-2-4-6-13/h2-9,25H,10-11H2,1H3,(H,19,20,21,22). The summed E-state index contributed by atoms with van der Waals surface area (Å²) in [5.41, 5.74) is 1.56. The SMILES string of the molecule is Cc1ccc2c(c1)C(O)(Cc1nn[nH]n1)C(=O)N2Cc1ccccc1. The average molecular weight is 335 g/mol. The summed E-state index contributed by atoms with van der Waals surface area (Å²) in [6, 6.07) is 15.4. The summed E-state index contributed by atoms with van der Waals surface area (Å²) in [6.07, 6.45) is -0.0237. The van der Waals surface area contributed by atoms with E-state index in [2.05, 4.69) is 20.6 Å². The number of aromatic nitrogens is 4. The third-order valence-electron chi connectivity index (χ3n) is 4.47. The summed E-state index contributed by atoms with van der Waals surface area (Å²) in [5.74, 6) is -0.0772. The van der Waals surface area contributed by atoms with E-state index in [0.29, 0.717) is 23.6 Å². The maximum absolute atomic E-state index is 13.1. The Bertz CT molecular complexity index is 910. The quantitative estimate of drug-likeness (QED) is 0.753. The average Bonchev–Trinajstić information content (AvgIpc) is 3.18. The molecule has 2 aromatic carbocycles. The minimum Gasteiger partial charge on any atom is -0.375 e. The van der Waals surface area contributed by atoms with Gasteiger partial charge >= 0.3 is 0 Å². The van der Waals surface area contributed by atoms with Gasteiger partial charge in [0.05, 0.1) is 18.7 Å². The highest BCUT2D eigenvalue weighted by Crippen LogP contribution is 2.43. The maximum atomic E-state index is 13.1. The van der Waals surface area contributed by atoms with Crippen molar-refractivity contribution in [1.29, 1.82) is 0 Å². The van der Waals surface area contributed by atoms with Gasteiger partial charge < -0.3 is 10.0 Å². The molecule has 3 aromatic rings. The summed E-state index contributed by atoms with van der Waals surface area (Å²) in [4.78, 5) is 14.7. The minimum atomic E-state index is -1.69. The topological polar surface area (TPSA) is 95.0 Å². The first-order valence-electron chi connectivity index (χ1n) is 7.99. The Hall–Kier alpha value is -3.06. The van der Waals surface area contributed by atoms with Gasteiger partial charge in [0.25, 0.3) is 5.91 Å². The highest BCUT2D eigenvalue weighted by molar-refractivity contribution is 6.07. The second-order valence-electron chi connectivity index (χ2n) is 6.26. The maximum Gasteiger partial charge on any atom is 0.264 e. The number of carbonyl (C=O) groups is 1. The van der Waals surface area contributed by atoms with Crippen molar-refractivity contribution in [2.24, 2.45) is 0 Å². The van der Waals surface area contributed by atoms with Crippen LogP contribution in [0, 0.1) is 6.92 Å². The molecule has 1 aliphatic rings. The molecule has 0 saturated carbocycles. The molecule has 4 rings (SSSR count). The number of anilines is 1. The molecule has 1 atom stereocenters. The fraction of sp³-hybridized carbons (Fsp3) is 0.222. The third-order valence-corrected chi connectivity index (χ3v) is 4.47. The molecule has 0 spiro atoms. The van der Waals surface area contributed by atoms with Gasteiger partial charge in [0.1, 0.15) is 0 Å². The Morgan fingerprint density at radius 2 is 2.00 bits per heavy atom. The number of benzene rings is 2. The van der Waals surface area contributed by atoms with E-state index in [4.69, 9.17) is 0 Å². The molecular weight excluding hydrogens is 318 g/mol. The Labute approximate surface area is 144 Å². The van der Waals surface area contributed by atoms with Gasteiger partial charge in [0.2, 0.25) is 0 Å². The third kappa shape index (κ3) is 2.58. The van der Waals surface area contributed by atoms with E-state index in [1.165, 1.54) is 0 Å². The van der Waals surface area contributed by atoms with Crippen LogP contribution in [0.5, 0.6) is 0 Å². The highest BCUT2D eigenvalue weighted by Gasteiger charge is 2.50. The zero-order valence-electron chi connectivity index (χ0n) is 13.7. The first-order chi connectivity index (χ1) is 12.1. The van der Waals surface area contributed by atoms with Crippen LogP contribution in [0.25, 0.3) is 0 Å². The minimum absolute atomic E-state index is 0.0237. The molecule has 1 unspecified atom stereocenters. The number of nitrogens with zero attached hydrogens (tertiary/aromatic N) is 4. The van der Waals surface area contributed by atoms with Gasteiger partial charge in [-0.1, -0.05) is 53.2 Å². The first-order valence-corrected chi connectivity index (χ1v) is 7.99. The Morgan fingerprint density at radius 1 is 1.20 bits per heavy atom. The molecule has 1 amide bonds. The lowest BCUT2D eigenvalue weighted by atomic mass is 9.90. The van der Waals surface area contributed by atoms with Crippen LogP contribution in [0.2, 0.25) is 0 Å². The second kappa shape index (κ2) is 5.78.